The van der Waals surface area contributed by atoms with Gasteiger partial charge >= 0.3 is 0 Å². The second kappa shape index (κ2) is 5.48. The molecule has 0 radical (unpaired) electrons. The van der Waals surface area contributed by atoms with E-state index in [1.54, 1.807) is 0 Å². The molecule has 0 aliphatic heterocycles. The van der Waals surface area contributed by atoms with E-state index in [1.807, 2.05) is 36.5 Å². The lowest BCUT2D eigenvalue weighted by molar-refractivity contribution is 1.39. The van der Waals surface area contributed by atoms with Gasteiger partial charge in [0.25, 0.3) is 0 Å². The summed E-state index contributed by atoms with van der Waals surface area (Å²) in [7, 11) is 0. The average molecular weight is 144 g/mol. The molecule has 0 atom stereocenters. The van der Waals surface area contributed by atoms with Crippen LogP contribution >= 0.6 is 0 Å². The summed E-state index contributed by atoms with van der Waals surface area (Å²) in [6.45, 7) is 0. The van der Waals surface area contributed by atoms with Crippen molar-refractivity contribution in [3.63, 3.8) is 0 Å². The lowest BCUT2D eigenvalue weighted by atomic mass is 10.3. The summed E-state index contributed by atoms with van der Waals surface area (Å²) in [6, 6.07) is 0. The van der Waals surface area contributed by atoms with Crippen LogP contribution in [-0.4, -0.2) is 0 Å². The van der Waals surface area contributed by atoms with Crippen LogP contribution < -0.4 is 0 Å². The lowest BCUT2D eigenvalue weighted by Gasteiger charge is -1.76. The Kier molecular flexibility index (Phi) is 3.89. The van der Waals surface area contributed by atoms with Gasteiger partial charge < -0.3 is 0 Å². The van der Waals surface area contributed by atoms with Gasteiger partial charge in [0.15, 0.2) is 0 Å². The number of hydrogen-bond acceptors (Lipinski definition) is 0. The van der Waals surface area contributed by atoms with E-state index in [-0.39, 0.29) is 0 Å². The quantitative estimate of drug-likeness (QED) is 0.490. The van der Waals surface area contributed by atoms with Crippen molar-refractivity contribution in [1.29, 1.82) is 0 Å². The minimum Gasteiger partial charge on any atom is -0.0807 e. The van der Waals surface area contributed by atoms with Crippen molar-refractivity contribution in [3.05, 3.63) is 60.8 Å². The summed E-state index contributed by atoms with van der Waals surface area (Å²) in [6.07, 6.45) is 21.5. The van der Waals surface area contributed by atoms with Crippen LogP contribution in [-0.2, 0) is 0 Å². The molecule has 0 heterocycles. The van der Waals surface area contributed by atoms with Crippen molar-refractivity contribution in [1.82, 2.24) is 0 Å². The smallest absolute Gasteiger partial charge is 0.0163 e. The molecule has 0 bridgehead atoms. The van der Waals surface area contributed by atoms with Crippen LogP contribution in [0.2, 0.25) is 0 Å². The maximum absolute atomic E-state index is 2.12. The number of hydrogen-bond donors (Lipinski definition) is 0. The van der Waals surface area contributed by atoms with Gasteiger partial charge in [-0.3, -0.25) is 0 Å². The molecule has 0 fully saturated rings. The van der Waals surface area contributed by atoms with Crippen LogP contribution in [0.1, 0.15) is 6.42 Å². The van der Waals surface area contributed by atoms with E-state index in [0.29, 0.717) is 0 Å². The monoisotopic (exact) mass is 144 g/mol. The molecule has 0 unspecified atom stereocenters. The molecular weight excluding hydrogens is 132 g/mol. The first kappa shape index (κ1) is 7.80. The van der Waals surface area contributed by atoms with E-state index in [4.69, 9.17) is 0 Å². The predicted molar refractivity (Wildman–Crippen MR) is 50.3 cm³/mol. The normalized spacial score (nSPS) is 31.3. The topological polar surface area (TPSA) is 0 Å². The van der Waals surface area contributed by atoms with Gasteiger partial charge in [-0.2, -0.15) is 0 Å². The highest BCUT2D eigenvalue weighted by molar-refractivity contribution is 5.19. The minimum atomic E-state index is 1.01. The molecule has 0 amide bonds. The molecule has 0 saturated heterocycles. The Balaban J connectivity index is 2.61. The molecule has 0 saturated carbocycles. The summed E-state index contributed by atoms with van der Waals surface area (Å²) in [5, 5.41) is 0. The van der Waals surface area contributed by atoms with Crippen LogP contribution in [0.15, 0.2) is 60.8 Å². The zero-order valence-electron chi connectivity index (χ0n) is 6.48. The summed E-state index contributed by atoms with van der Waals surface area (Å²) in [5.74, 6) is 0. The zero-order chi connectivity index (χ0) is 7.78. The first-order valence-corrected chi connectivity index (χ1v) is 3.82. The third-order valence-corrected chi connectivity index (χ3v) is 1.32. The second-order valence-electron chi connectivity index (χ2n) is 2.25. The molecule has 0 nitrogen and oxygen atoms in total. The molecule has 0 heteroatoms. The first-order chi connectivity index (χ1) is 5.50. The molecular formula is C11H12. The fraction of sp³-hybridized carbons (Fsp3) is 0.0909. The SMILES string of the molecule is C1=C\C=C/C/C=C\C=C\C=C/1. The van der Waals surface area contributed by atoms with E-state index >= 15 is 0 Å². The molecule has 0 aromatic rings. The maximum atomic E-state index is 2.12. The molecule has 0 N–H and O–H groups in total. The molecule has 11 heavy (non-hydrogen) atoms. The van der Waals surface area contributed by atoms with Gasteiger partial charge in [-0.1, -0.05) is 60.8 Å². The van der Waals surface area contributed by atoms with E-state index in [1.165, 1.54) is 0 Å². The predicted octanol–water partition coefficient (Wildman–Crippen LogP) is 3.17. The molecule has 56 valence electrons. The van der Waals surface area contributed by atoms with Crippen molar-refractivity contribution in [2.45, 2.75) is 6.42 Å². The van der Waals surface area contributed by atoms with Crippen LogP contribution in [0.4, 0.5) is 0 Å². The molecule has 1 aliphatic rings. The van der Waals surface area contributed by atoms with Crippen LogP contribution in [0, 0.1) is 0 Å². The largest absolute Gasteiger partial charge is 0.0807 e. The Morgan fingerprint density at radius 3 is 1.27 bits per heavy atom. The molecule has 0 spiro atoms. The summed E-state index contributed by atoms with van der Waals surface area (Å²) >= 11 is 0. The van der Waals surface area contributed by atoms with E-state index in [2.05, 4.69) is 24.3 Å². The molecule has 1 rings (SSSR count). The van der Waals surface area contributed by atoms with Gasteiger partial charge in [0.05, 0.1) is 0 Å². The Labute approximate surface area is 67.9 Å². The number of rotatable bonds is 0. The third-order valence-electron chi connectivity index (χ3n) is 1.32. The van der Waals surface area contributed by atoms with E-state index in [0.717, 1.165) is 6.42 Å². The summed E-state index contributed by atoms with van der Waals surface area (Å²) in [4.78, 5) is 0. The van der Waals surface area contributed by atoms with Gasteiger partial charge in [-0.15, -0.1) is 0 Å². The maximum Gasteiger partial charge on any atom is -0.0163 e. The Hall–Kier alpha value is -1.30. The fourth-order valence-corrected chi connectivity index (χ4v) is 0.778. The van der Waals surface area contributed by atoms with Crippen molar-refractivity contribution >= 4 is 0 Å². The molecule has 0 aromatic carbocycles. The van der Waals surface area contributed by atoms with Gasteiger partial charge in [0.1, 0.15) is 0 Å². The highest BCUT2D eigenvalue weighted by atomic mass is 13.8. The van der Waals surface area contributed by atoms with Crippen molar-refractivity contribution in [3.8, 4) is 0 Å². The van der Waals surface area contributed by atoms with Gasteiger partial charge in [0, 0.05) is 0 Å². The second-order valence-corrected chi connectivity index (χ2v) is 2.25. The zero-order valence-corrected chi connectivity index (χ0v) is 6.48. The Bertz CT molecular complexity index is 200. The molecule has 0 aromatic heterocycles. The van der Waals surface area contributed by atoms with E-state index < -0.39 is 0 Å². The van der Waals surface area contributed by atoms with Crippen molar-refractivity contribution in [2.75, 3.05) is 0 Å². The van der Waals surface area contributed by atoms with Crippen LogP contribution in [0.3, 0.4) is 0 Å². The van der Waals surface area contributed by atoms with Gasteiger partial charge in [0.2, 0.25) is 0 Å². The highest BCUT2D eigenvalue weighted by Crippen LogP contribution is 1.90. The van der Waals surface area contributed by atoms with E-state index in [9.17, 15) is 0 Å². The number of allylic oxidation sites excluding steroid dienone is 10. The fourth-order valence-electron chi connectivity index (χ4n) is 0.778. The summed E-state index contributed by atoms with van der Waals surface area (Å²) < 4.78 is 0. The van der Waals surface area contributed by atoms with Crippen molar-refractivity contribution in [2.24, 2.45) is 0 Å². The minimum absolute atomic E-state index is 1.01. The van der Waals surface area contributed by atoms with Crippen LogP contribution in [0.25, 0.3) is 0 Å². The lowest BCUT2D eigenvalue weighted by Crippen LogP contribution is -1.55. The highest BCUT2D eigenvalue weighted by Gasteiger charge is 1.69. The van der Waals surface area contributed by atoms with Crippen LogP contribution in [0.5, 0.6) is 0 Å². The summed E-state index contributed by atoms with van der Waals surface area (Å²) in [5.41, 5.74) is 0. The van der Waals surface area contributed by atoms with Crippen molar-refractivity contribution < 1.29 is 0 Å². The Morgan fingerprint density at radius 1 is 0.455 bits per heavy atom. The average Bonchev–Trinajstić information content (AvgIpc) is 2.08. The first-order valence-electron chi connectivity index (χ1n) is 3.82. The van der Waals surface area contributed by atoms with Gasteiger partial charge in [-0.05, 0) is 6.42 Å². The Morgan fingerprint density at radius 2 is 0.818 bits per heavy atom. The molecule has 1 aliphatic carbocycles. The third kappa shape index (κ3) is 4.15. The standard InChI is InChI=1S/C11H12/c1-2-4-6-8-10-11-9-7-5-3-1/h1-10H,11H2/b2-1-,5-3-,6-4+,9-7-,10-8-. The van der Waals surface area contributed by atoms with Gasteiger partial charge in [-0.25, -0.2) is 0 Å².